The highest BCUT2D eigenvalue weighted by atomic mass is 16.2. The van der Waals surface area contributed by atoms with Crippen LogP contribution in [0.5, 0.6) is 0 Å². The number of anilines is 1. The van der Waals surface area contributed by atoms with Crippen LogP contribution in [0.3, 0.4) is 0 Å². The summed E-state index contributed by atoms with van der Waals surface area (Å²) in [5, 5.41) is 8.84. The van der Waals surface area contributed by atoms with Crippen LogP contribution in [0.2, 0.25) is 0 Å². The maximum absolute atomic E-state index is 13.1. The van der Waals surface area contributed by atoms with Gasteiger partial charge in [-0.1, -0.05) is 6.92 Å². The molecule has 0 saturated carbocycles. The Morgan fingerprint density at radius 2 is 1.72 bits per heavy atom. The van der Waals surface area contributed by atoms with E-state index in [4.69, 9.17) is 0 Å². The molecule has 3 aliphatic rings. The van der Waals surface area contributed by atoms with Gasteiger partial charge < -0.3 is 30.7 Å². The molecule has 0 aromatic heterocycles. The normalized spacial score (nSPS) is 22.3. The minimum Gasteiger partial charge on any atom is -0.369 e. The number of likely N-dealkylation sites (tertiary alicyclic amines) is 2. The van der Waals surface area contributed by atoms with Crippen molar-refractivity contribution in [3.8, 4) is 0 Å². The molecule has 11 heteroatoms. The zero-order chi connectivity index (χ0) is 28.1. The molecule has 39 heavy (non-hydrogen) atoms. The van der Waals surface area contributed by atoms with E-state index in [2.05, 4.69) is 20.9 Å². The van der Waals surface area contributed by atoms with E-state index in [1.165, 1.54) is 11.8 Å². The Balaban J connectivity index is 1.22. The Hall–Kier alpha value is -3.47. The summed E-state index contributed by atoms with van der Waals surface area (Å²) in [5.41, 5.74) is 1.71. The highest BCUT2D eigenvalue weighted by Gasteiger charge is 2.51. The molecule has 212 valence electrons. The number of fused-ring (bicyclic) bond motifs is 1. The average molecular weight is 541 g/mol. The highest BCUT2D eigenvalue weighted by molar-refractivity contribution is 5.99. The number of hydrogen-bond acceptors (Lipinski definition) is 7. The van der Waals surface area contributed by atoms with Gasteiger partial charge in [-0.05, 0) is 49.9 Å². The van der Waals surface area contributed by atoms with E-state index in [1.807, 2.05) is 31.2 Å². The zero-order valence-corrected chi connectivity index (χ0v) is 23.1. The fraction of sp³-hybridized carbons (Fsp3) is 0.607. The van der Waals surface area contributed by atoms with Gasteiger partial charge in [-0.2, -0.15) is 0 Å². The summed E-state index contributed by atoms with van der Waals surface area (Å²) < 4.78 is 0. The molecular weight excluding hydrogens is 500 g/mol. The summed E-state index contributed by atoms with van der Waals surface area (Å²) in [4.78, 5) is 68.0. The van der Waals surface area contributed by atoms with Crippen molar-refractivity contribution in [3.63, 3.8) is 0 Å². The van der Waals surface area contributed by atoms with Gasteiger partial charge in [0.05, 0.1) is 12.6 Å². The number of amides is 4. The van der Waals surface area contributed by atoms with Crippen molar-refractivity contribution >= 4 is 35.1 Å². The summed E-state index contributed by atoms with van der Waals surface area (Å²) in [7, 11) is 0. The number of Topliss-reactive ketones (excluding diaryl/α,β-unsaturated/α-hetero) is 1. The molecule has 3 N–H and O–H groups in total. The smallest absolute Gasteiger partial charge is 0.251 e. The van der Waals surface area contributed by atoms with E-state index >= 15 is 0 Å². The Kier molecular flexibility index (Phi) is 9.21. The Morgan fingerprint density at radius 3 is 2.38 bits per heavy atom. The van der Waals surface area contributed by atoms with Crippen LogP contribution in [0.15, 0.2) is 24.3 Å². The third-order valence-corrected chi connectivity index (χ3v) is 7.87. The van der Waals surface area contributed by atoms with Gasteiger partial charge in [0.15, 0.2) is 5.78 Å². The van der Waals surface area contributed by atoms with Crippen molar-refractivity contribution in [2.45, 2.75) is 58.2 Å². The molecule has 11 nitrogen and oxygen atoms in total. The van der Waals surface area contributed by atoms with Crippen molar-refractivity contribution in [2.24, 2.45) is 5.92 Å². The lowest BCUT2D eigenvalue weighted by Gasteiger charge is -2.29. The Morgan fingerprint density at radius 1 is 1.03 bits per heavy atom. The molecule has 3 saturated heterocycles. The van der Waals surface area contributed by atoms with Crippen LogP contribution in [0.1, 0.15) is 50.4 Å². The van der Waals surface area contributed by atoms with E-state index in [-0.39, 0.29) is 54.3 Å². The van der Waals surface area contributed by atoms with Gasteiger partial charge in [-0.15, -0.1) is 0 Å². The average Bonchev–Trinajstić information content (AvgIpc) is 3.49. The first-order valence-electron chi connectivity index (χ1n) is 13.9. The predicted molar refractivity (Wildman–Crippen MR) is 146 cm³/mol. The number of ketones is 1. The molecule has 0 bridgehead atoms. The highest BCUT2D eigenvalue weighted by Crippen LogP contribution is 2.31. The van der Waals surface area contributed by atoms with Crippen LogP contribution in [-0.2, 0) is 19.2 Å². The van der Waals surface area contributed by atoms with Crippen LogP contribution < -0.4 is 20.9 Å². The van der Waals surface area contributed by atoms with Crippen molar-refractivity contribution < 1.29 is 24.0 Å². The first-order valence-corrected chi connectivity index (χ1v) is 13.9. The lowest BCUT2D eigenvalue weighted by molar-refractivity contribution is -0.137. The number of nitrogens with one attached hydrogen (secondary N) is 3. The third kappa shape index (κ3) is 6.76. The lowest BCUT2D eigenvalue weighted by atomic mass is 10.0. The maximum atomic E-state index is 13.1. The Labute approximate surface area is 229 Å². The molecule has 4 amide bonds. The number of rotatable bonds is 9. The number of piperazine rings is 1. The lowest BCUT2D eigenvalue weighted by Crippen LogP contribution is -2.49. The van der Waals surface area contributed by atoms with Crippen molar-refractivity contribution in [1.29, 1.82) is 0 Å². The third-order valence-electron chi connectivity index (χ3n) is 7.87. The molecule has 4 atom stereocenters. The van der Waals surface area contributed by atoms with Crippen LogP contribution in [-0.4, -0.2) is 103 Å². The zero-order valence-electron chi connectivity index (χ0n) is 23.1. The molecule has 3 fully saturated rings. The molecule has 4 unspecified atom stereocenters. The summed E-state index contributed by atoms with van der Waals surface area (Å²) in [5.74, 6) is -0.990. The number of carbonyl (C=O) groups is 5. The molecule has 1 aromatic carbocycles. The van der Waals surface area contributed by atoms with E-state index in [0.29, 0.717) is 31.5 Å². The monoisotopic (exact) mass is 540 g/mol. The molecule has 0 spiro atoms. The van der Waals surface area contributed by atoms with Gasteiger partial charge in [-0.3, -0.25) is 24.0 Å². The summed E-state index contributed by atoms with van der Waals surface area (Å²) in [6.45, 7) is 9.53. The van der Waals surface area contributed by atoms with Gasteiger partial charge in [0.1, 0.15) is 12.1 Å². The van der Waals surface area contributed by atoms with Crippen molar-refractivity contribution in [3.05, 3.63) is 29.8 Å². The molecule has 1 aromatic rings. The van der Waals surface area contributed by atoms with Gasteiger partial charge in [0.2, 0.25) is 17.7 Å². The second-order valence-electron chi connectivity index (χ2n) is 10.9. The van der Waals surface area contributed by atoms with E-state index in [9.17, 15) is 24.0 Å². The minimum atomic E-state index is -0.723. The molecule has 3 aliphatic heterocycles. The van der Waals surface area contributed by atoms with Crippen molar-refractivity contribution in [1.82, 2.24) is 25.8 Å². The number of nitrogens with zero attached hydrogens (tertiary/aromatic N) is 3. The predicted octanol–water partition coefficient (Wildman–Crippen LogP) is 0.148. The summed E-state index contributed by atoms with van der Waals surface area (Å²) in [6.07, 6.45) is 1.44. The number of carbonyl (C=O) groups excluding carboxylic acids is 5. The molecule has 0 radical (unpaired) electrons. The molecule has 4 rings (SSSR count). The standard InChI is InChI=1S/C28H40N6O5/c1-18(8-10-30-27(38)21-4-6-22(7-5-21)32-14-11-29-12-15-32)16-25(37)33-13-9-23-26(33)24(36)17-34(23)28(39)19(2)31-20(3)35/h4-7,18-19,23,26,29H,8-17H2,1-3H3,(H,30,38)(H,31,35). The van der Waals surface area contributed by atoms with Gasteiger partial charge in [0, 0.05) is 63.9 Å². The fourth-order valence-corrected chi connectivity index (χ4v) is 5.80. The number of hydrogen-bond donors (Lipinski definition) is 3. The second kappa shape index (κ2) is 12.6. The van der Waals surface area contributed by atoms with Gasteiger partial charge in [0.25, 0.3) is 5.91 Å². The van der Waals surface area contributed by atoms with E-state index in [0.717, 1.165) is 31.9 Å². The first-order chi connectivity index (χ1) is 18.7. The van der Waals surface area contributed by atoms with E-state index in [1.54, 1.807) is 11.8 Å². The van der Waals surface area contributed by atoms with E-state index < -0.39 is 12.1 Å². The largest absolute Gasteiger partial charge is 0.369 e. The number of benzene rings is 1. The quantitative estimate of drug-likeness (QED) is 0.406. The van der Waals surface area contributed by atoms with Gasteiger partial charge >= 0.3 is 0 Å². The Bertz CT molecular complexity index is 1090. The first kappa shape index (κ1) is 28.5. The van der Waals surface area contributed by atoms with Gasteiger partial charge in [-0.25, -0.2) is 0 Å². The van der Waals surface area contributed by atoms with Crippen molar-refractivity contribution in [2.75, 3.05) is 50.7 Å². The second-order valence-corrected chi connectivity index (χ2v) is 10.9. The minimum absolute atomic E-state index is 0.0148. The molecule has 0 aliphatic carbocycles. The van der Waals surface area contributed by atoms with Crippen LogP contribution in [0.25, 0.3) is 0 Å². The van der Waals surface area contributed by atoms with Crippen LogP contribution in [0.4, 0.5) is 5.69 Å². The summed E-state index contributed by atoms with van der Waals surface area (Å²) in [6, 6.07) is 5.94. The maximum Gasteiger partial charge on any atom is 0.251 e. The molecular formula is C28H40N6O5. The topological polar surface area (TPSA) is 131 Å². The SMILES string of the molecule is CC(=O)NC(C)C(=O)N1CC(=O)C2C1CCN2C(=O)CC(C)CCNC(=O)c1ccc(N2CCNCC2)cc1. The van der Waals surface area contributed by atoms with Crippen LogP contribution in [0, 0.1) is 5.92 Å². The molecule has 3 heterocycles. The fourth-order valence-electron chi connectivity index (χ4n) is 5.80. The summed E-state index contributed by atoms with van der Waals surface area (Å²) >= 11 is 0. The van der Waals surface area contributed by atoms with Crippen LogP contribution >= 0.6 is 0 Å².